The molecule has 0 fully saturated rings. The Bertz CT molecular complexity index is 1470. The van der Waals surface area contributed by atoms with Crippen molar-refractivity contribution in [3.05, 3.63) is 41.6 Å². The number of benzene rings is 1. The van der Waals surface area contributed by atoms with E-state index in [2.05, 4.69) is 4.74 Å². The lowest BCUT2D eigenvalue weighted by molar-refractivity contribution is -0.130. The molecule has 1 aliphatic rings. The van der Waals surface area contributed by atoms with Crippen LogP contribution in [0.2, 0.25) is 0 Å². The number of ether oxygens (including phenoxy) is 2. The SMILES string of the molecule is COc1cccc2cc(-c3nc4cc5c(nc4n3C)CCN(C[C@H](N)CF)C5=O)n(CCOC(F)F)c12. The van der Waals surface area contributed by atoms with Gasteiger partial charge in [-0.15, -0.1) is 0 Å². The fourth-order valence-electron chi connectivity index (χ4n) is 4.88. The third-order valence-corrected chi connectivity index (χ3v) is 6.60. The van der Waals surface area contributed by atoms with Crippen LogP contribution in [0, 0.1) is 0 Å². The second-order valence-corrected chi connectivity index (χ2v) is 8.95. The lowest BCUT2D eigenvalue weighted by Crippen LogP contribution is -2.45. The van der Waals surface area contributed by atoms with Gasteiger partial charge in [-0.3, -0.25) is 4.79 Å². The van der Waals surface area contributed by atoms with Crippen molar-refractivity contribution in [1.82, 2.24) is 24.0 Å². The number of carbonyl (C=O) groups is 1. The van der Waals surface area contributed by atoms with E-state index in [0.29, 0.717) is 52.7 Å². The van der Waals surface area contributed by atoms with Gasteiger partial charge >= 0.3 is 6.61 Å². The highest BCUT2D eigenvalue weighted by Gasteiger charge is 2.29. The van der Waals surface area contributed by atoms with Gasteiger partial charge in [-0.05, 0) is 18.2 Å². The van der Waals surface area contributed by atoms with Crippen molar-refractivity contribution in [3.63, 3.8) is 0 Å². The van der Waals surface area contributed by atoms with Crippen LogP contribution in [0.25, 0.3) is 33.6 Å². The van der Waals surface area contributed by atoms with E-state index in [4.69, 9.17) is 20.4 Å². The van der Waals surface area contributed by atoms with Crippen molar-refractivity contribution in [2.45, 2.75) is 25.6 Å². The minimum absolute atomic E-state index is 0.128. The number of alkyl halides is 3. The molecular formula is C25H27F3N6O3. The van der Waals surface area contributed by atoms with Crippen molar-refractivity contribution < 1.29 is 27.4 Å². The molecule has 1 atom stereocenters. The van der Waals surface area contributed by atoms with Gasteiger partial charge in [0.05, 0.1) is 42.2 Å². The van der Waals surface area contributed by atoms with Crippen LogP contribution in [0.5, 0.6) is 5.75 Å². The number of nitrogens with two attached hydrogens (primary N) is 1. The summed E-state index contributed by atoms with van der Waals surface area (Å²) < 4.78 is 52.1. The highest BCUT2D eigenvalue weighted by molar-refractivity contribution is 5.99. The molecule has 3 aromatic heterocycles. The van der Waals surface area contributed by atoms with E-state index in [1.165, 1.54) is 4.90 Å². The molecule has 37 heavy (non-hydrogen) atoms. The summed E-state index contributed by atoms with van der Waals surface area (Å²) in [6.45, 7) is -3.13. The number of methoxy groups -OCH3 is 1. The van der Waals surface area contributed by atoms with Gasteiger partial charge in [-0.2, -0.15) is 8.78 Å². The zero-order valence-electron chi connectivity index (χ0n) is 20.5. The maximum absolute atomic E-state index is 13.1. The third-order valence-electron chi connectivity index (χ3n) is 6.60. The zero-order chi connectivity index (χ0) is 26.3. The number of halogens is 3. The Morgan fingerprint density at radius 1 is 1.22 bits per heavy atom. The maximum Gasteiger partial charge on any atom is 0.345 e. The average Bonchev–Trinajstić information content (AvgIpc) is 3.41. The van der Waals surface area contributed by atoms with E-state index in [1.54, 1.807) is 19.2 Å². The molecule has 4 heterocycles. The van der Waals surface area contributed by atoms with Crippen LogP contribution < -0.4 is 10.5 Å². The van der Waals surface area contributed by atoms with Gasteiger partial charge in [0.15, 0.2) is 11.5 Å². The van der Waals surface area contributed by atoms with E-state index < -0.39 is 19.3 Å². The lowest BCUT2D eigenvalue weighted by Gasteiger charge is -2.29. The van der Waals surface area contributed by atoms with E-state index in [0.717, 1.165) is 10.9 Å². The number of nitrogens with zero attached hydrogens (tertiary/aromatic N) is 5. The molecule has 0 aliphatic carbocycles. The fraction of sp³-hybridized carbons (Fsp3) is 0.400. The summed E-state index contributed by atoms with van der Waals surface area (Å²) in [6, 6.07) is 8.42. The summed E-state index contributed by atoms with van der Waals surface area (Å²) in [6.07, 6.45) is 0.513. The normalized spacial score (nSPS) is 14.7. The Morgan fingerprint density at radius 2 is 2.03 bits per heavy atom. The van der Waals surface area contributed by atoms with Gasteiger partial charge in [0, 0.05) is 38.5 Å². The second kappa shape index (κ2) is 10.0. The highest BCUT2D eigenvalue weighted by atomic mass is 19.3. The predicted octanol–water partition coefficient (Wildman–Crippen LogP) is 3.13. The van der Waals surface area contributed by atoms with E-state index >= 15 is 0 Å². The topological polar surface area (TPSA) is 100 Å². The van der Waals surface area contributed by atoms with Crippen LogP contribution in [-0.2, 0) is 24.8 Å². The number of rotatable bonds is 9. The molecule has 5 rings (SSSR count). The summed E-state index contributed by atoms with van der Waals surface area (Å²) in [4.78, 5) is 24.1. The van der Waals surface area contributed by atoms with Crippen molar-refractivity contribution in [3.8, 4) is 17.3 Å². The first-order valence-corrected chi connectivity index (χ1v) is 11.9. The first-order chi connectivity index (χ1) is 17.8. The van der Waals surface area contributed by atoms with Gasteiger partial charge in [-0.1, -0.05) is 12.1 Å². The summed E-state index contributed by atoms with van der Waals surface area (Å²) in [5, 5.41) is 0.848. The molecule has 1 aromatic carbocycles. The fourth-order valence-corrected chi connectivity index (χ4v) is 4.88. The van der Waals surface area contributed by atoms with Gasteiger partial charge in [0.25, 0.3) is 5.91 Å². The number of aryl methyl sites for hydroxylation is 1. The molecule has 12 heteroatoms. The Balaban J connectivity index is 1.60. The minimum atomic E-state index is -2.88. The number of para-hydroxylation sites is 1. The predicted molar refractivity (Wildman–Crippen MR) is 132 cm³/mol. The van der Waals surface area contributed by atoms with Crippen LogP contribution >= 0.6 is 0 Å². The number of hydrogen-bond acceptors (Lipinski definition) is 6. The molecule has 196 valence electrons. The van der Waals surface area contributed by atoms with Crippen molar-refractivity contribution in [2.24, 2.45) is 12.8 Å². The highest BCUT2D eigenvalue weighted by Crippen LogP contribution is 2.35. The smallest absolute Gasteiger partial charge is 0.345 e. The standard InChI is InChI=1S/C25H27F3N6O3/c1-32-22-18(11-16-17(30-22)6-7-33(24(16)35)13-15(29)12-26)31-23(32)19-10-14-4-3-5-20(36-2)21(14)34(19)8-9-37-25(27)28/h3-5,10-11,15,25H,6-9,12-13,29H2,1-2H3/t15-/m1/s1. The first kappa shape index (κ1) is 25.0. The molecule has 4 aromatic rings. The minimum Gasteiger partial charge on any atom is -0.495 e. The Labute approximate surface area is 210 Å². The number of amides is 1. The van der Waals surface area contributed by atoms with Gasteiger partial charge < -0.3 is 29.2 Å². The maximum atomic E-state index is 13.1. The molecule has 0 bridgehead atoms. The zero-order valence-corrected chi connectivity index (χ0v) is 20.5. The second-order valence-electron chi connectivity index (χ2n) is 8.95. The average molecular weight is 517 g/mol. The van der Waals surface area contributed by atoms with Crippen LogP contribution in [0.3, 0.4) is 0 Å². The summed E-state index contributed by atoms with van der Waals surface area (Å²) in [5.74, 6) is 0.879. The molecular weight excluding hydrogens is 489 g/mol. The van der Waals surface area contributed by atoms with Crippen LogP contribution in [0.4, 0.5) is 13.2 Å². The van der Waals surface area contributed by atoms with Gasteiger partial charge in [0.2, 0.25) is 0 Å². The van der Waals surface area contributed by atoms with Crippen molar-refractivity contribution >= 4 is 28.0 Å². The Hall–Kier alpha value is -3.64. The summed E-state index contributed by atoms with van der Waals surface area (Å²) in [7, 11) is 3.36. The summed E-state index contributed by atoms with van der Waals surface area (Å²) in [5.41, 5.74) is 9.27. The Kier molecular flexibility index (Phi) is 6.78. The number of pyridine rings is 1. The van der Waals surface area contributed by atoms with Gasteiger partial charge in [-0.25, -0.2) is 14.4 Å². The molecule has 0 spiro atoms. The molecule has 1 amide bonds. The number of imidazole rings is 1. The first-order valence-electron chi connectivity index (χ1n) is 11.9. The van der Waals surface area contributed by atoms with Crippen molar-refractivity contribution in [1.29, 1.82) is 0 Å². The number of fused-ring (bicyclic) bond motifs is 3. The van der Waals surface area contributed by atoms with Crippen molar-refractivity contribution in [2.75, 3.05) is 33.5 Å². The molecule has 0 unspecified atom stereocenters. The number of aromatic nitrogens is 4. The van der Waals surface area contributed by atoms with Crippen LogP contribution in [0.1, 0.15) is 16.1 Å². The van der Waals surface area contributed by atoms with Crippen LogP contribution in [-0.4, -0.2) is 76.0 Å². The molecule has 2 N–H and O–H groups in total. The largest absolute Gasteiger partial charge is 0.495 e. The molecule has 0 radical (unpaired) electrons. The quantitative estimate of drug-likeness (QED) is 0.367. The van der Waals surface area contributed by atoms with Crippen LogP contribution in [0.15, 0.2) is 30.3 Å². The molecule has 0 saturated heterocycles. The molecule has 1 aliphatic heterocycles. The van der Waals surface area contributed by atoms with E-state index in [-0.39, 0.29) is 25.6 Å². The number of hydrogen-bond donors (Lipinski definition) is 1. The third kappa shape index (κ3) is 4.51. The number of carbonyl (C=O) groups excluding carboxylic acids is 1. The summed E-state index contributed by atoms with van der Waals surface area (Å²) >= 11 is 0. The monoisotopic (exact) mass is 516 g/mol. The van der Waals surface area contributed by atoms with E-state index in [1.807, 2.05) is 34.4 Å². The van der Waals surface area contributed by atoms with Gasteiger partial charge in [0.1, 0.15) is 17.9 Å². The molecule has 9 nitrogen and oxygen atoms in total. The lowest BCUT2D eigenvalue weighted by atomic mass is 10.0. The Morgan fingerprint density at radius 3 is 2.76 bits per heavy atom. The molecule has 0 saturated carbocycles. The van der Waals surface area contributed by atoms with E-state index in [9.17, 15) is 18.0 Å².